The fourth-order valence-electron chi connectivity index (χ4n) is 8.44. The van der Waals surface area contributed by atoms with Gasteiger partial charge in [0, 0.05) is 6.42 Å². The number of unbranched alkanes of at least 4 members (excludes halogenated alkanes) is 32. The topological polar surface area (TPSA) is 169 Å². The highest BCUT2D eigenvalue weighted by Gasteiger charge is 2.44. The van der Waals surface area contributed by atoms with E-state index in [1.165, 1.54) is 173 Å². The molecule has 0 radical (unpaired) electrons. The molecule has 10 heteroatoms. The molecule has 0 aromatic heterocycles. The number of hydrogen-bond donors (Lipinski definition) is 7. The molecule has 0 saturated carbocycles. The van der Waals surface area contributed by atoms with Crippen LogP contribution in [0.4, 0.5) is 0 Å². The Kier molecular flexibility index (Phi) is 38.0. The summed E-state index contributed by atoms with van der Waals surface area (Å²) >= 11 is 0. The van der Waals surface area contributed by atoms with Crippen LogP contribution in [0.5, 0.6) is 0 Å². The molecule has 1 heterocycles. The summed E-state index contributed by atoms with van der Waals surface area (Å²) in [6.45, 7) is 3.59. The first kappa shape index (κ1) is 56.2. The second-order valence-electron chi connectivity index (χ2n) is 18.1. The van der Waals surface area contributed by atoms with Gasteiger partial charge < -0.3 is 45.4 Å². The summed E-state index contributed by atoms with van der Waals surface area (Å²) in [6.07, 6.45) is 34.4. The van der Waals surface area contributed by atoms with Crippen LogP contribution in [-0.2, 0) is 14.3 Å². The molecule has 0 aromatic carbocycles. The standard InChI is InChI=1S/C49H97NO9/c1-3-5-7-9-11-13-14-15-16-17-18-19-20-21-22-23-24-25-26-27-28-29-30-32-34-36-38-44(53)50-41(40-58-49-48(57)47(56)46(55)43(39-51)59-49)45(54)42(52)37-35-33-31-12-10-8-6-4-2/h41-43,45-49,51-52,54-57H,3-40H2,1-2H3,(H,50,53)/t41-,42+,43+,45-,46+,47?,48?,49+/m0/s1. The Bertz CT molecular complexity index is 911. The first-order valence-electron chi connectivity index (χ1n) is 25.3. The number of amides is 1. The molecule has 59 heavy (non-hydrogen) atoms. The highest BCUT2D eigenvalue weighted by Crippen LogP contribution is 2.23. The van der Waals surface area contributed by atoms with Gasteiger partial charge >= 0.3 is 0 Å². The number of rotatable bonds is 43. The predicted octanol–water partition coefficient (Wildman–Crippen LogP) is 10.1. The van der Waals surface area contributed by atoms with Crippen molar-refractivity contribution >= 4 is 5.91 Å². The smallest absolute Gasteiger partial charge is 0.220 e. The first-order chi connectivity index (χ1) is 28.8. The molecule has 10 nitrogen and oxygen atoms in total. The van der Waals surface area contributed by atoms with Gasteiger partial charge in [0.15, 0.2) is 6.29 Å². The fourth-order valence-corrected chi connectivity index (χ4v) is 8.44. The molecule has 1 amide bonds. The van der Waals surface area contributed by atoms with Gasteiger partial charge in [-0.1, -0.05) is 226 Å². The summed E-state index contributed by atoms with van der Waals surface area (Å²) in [7, 11) is 0. The minimum atomic E-state index is -1.60. The summed E-state index contributed by atoms with van der Waals surface area (Å²) in [5, 5.41) is 65.0. The molecule has 1 aliphatic heterocycles. The molecule has 1 rings (SSSR count). The Morgan fingerprint density at radius 3 is 1.25 bits per heavy atom. The number of carbonyl (C=O) groups is 1. The van der Waals surface area contributed by atoms with Gasteiger partial charge in [0.2, 0.25) is 5.91 Å². The molecular formula is C49H97NO9. The maximum atomic E-state index is 13.0. The average molecular weight is 844 g/mol. The Balaban J connectivity index is 2.18. The van der Waals surface area contributed by atoms with E-state index in [1.54, 1.807) is 0 Å². The monoisotopic (exact) mass is 844 g/mol. The molecule has 0 aromatic rings. The predicted molar refractivity (Wildman–Crippen MR) is 241 cm³/mol. The quantitative estimate of drug-likeness (QED) is 0.0296. The fraction of sp³-hybridized carbons (Fsp3) is 0.980. The van der Waals surface area contributed by atoms with Crippen LogP contribution >= 0.6 is 0 Å². The van der Waals surface area contributed by atoms with Crippen molar-refractivity contribution in [3.05, 3.63) is 0 Å². The van der Waals surface area contributed by atoms with Crippen LogP contribution in [0.15, 0.2) is 0 Å². The Hall–Kier alpha value is -0.850. The zero-order valence-electron chi connectivity index (χ0n) is 38.4. The van der Waals surface area contributed by atoms with Gasteiger partial charge in [0.05, 0.1) is 25.4 Å². The van der Waals surface area contributed by atoms with Crippen LogP contribution < -0.4 is 5.32 Å². The van der Waals surface area contributed by atoms with Crippen molar-refractivity contribution < 1.29 is 44.9 Å². The van der Waals surface area contributed by atoms with Crippen molar-refractivity contribution in [1.82, 2.24) is 5.32 Å². The van der Waals surface area contributed by atoms with Crippen molar-refractivity contribution in [2.24, 2.45) is 0 Å². The maximum absolute atomic E-state index is 13.0. The third-order valence-electron chi connectivity index (χ3n) is 12.6. The van der Waals surface area contributed by atoms with Crippen molar-refractivity contribution in [2.45, 2.75) is 294 Å². The highest BCUT2D eigenvalue weighted by molar-refractivity contribution is 5.76. The average Bonchev–Trinajstić information content (AvgIpc) is 3.23. The van der Waals surface area contributed by atoms with Gasteiger partial charge in [0.25, 0.3) is 0 Å². The Morgan fingerprint density at radius 1 is 0.525 bits per heavy atom. The molecule has 7 N–H and O–H groups in total. The largest absolute Gasteiger partial charge is 0.394 e. The van der Waals surface area contributed by atoms with E-state index in [4.69, 9.17) is 9.47 Å². The normalized spacial score (nSPS) is 21.1. The molecular weight excluding hydrogens is 747 g/mol. The molecule has 0 aliphatic carbocycles. The van der Waals surface area contributed by atoms with E-state index in [0.29, 0.717) is 6.42 Å². The van der Waals surface area contributed by atoms with E-state index in [2.05, 4.69) is 19.2 Å². The SMILES string of the molecule is CCCCCCCCCCCCCCCCCCCCCCCCCCCCC(=O)N[C@@H](CO[C@@H]1O[C@H](CO)[C@@H](O)C(O)C1O)[C@H](O)[C@H](O)CCCCCCCCCC. The summed E-state index contributed by atoms with van der Waals surface area (Å²) in [6, 6.07) is -0.983. The number of carbonyl (C=O) groups excluding carboxylic acids is 1. The highest BCUT2D eigenvalue weighted by atomic mass is 16.7. The van der Waals surface area contributed by atoms with Crippen LogP contribution in [0, 0.1) is 0 Å². The number of aliphatic hydroxyl groups is 6. The van der Waals surface area contributed by atoms with Gasteiger partial charge in [-0.2, -0.15) is 0 Å². The van der Waals surface area contributed by atoms with Crippen LogP contribution in [0.3, 0.4) is 0 Å². The van der Waals surface area contributed by atoms with Crippen LogP contribution in [0.1, 0.15) is 245 Å². The summed E-state index contributed by atoms with van der Waals surface area (Å²) in [5.74, 6) is -0.255. The Labute approximate surface area is 362 Å². The van der Waals surface area contributed by atoms with E-state index < -0.39 is 55.6 Å². The van der Waals surface area contributed by atoms with Crippen molar-refractivity contribution in [2.75, 3.05) is 13.2 Å². The second kappa shape index (κ2) is 40.0. The molecule has 8 atom stereocenters. The zero-order valence-corrected chi connectivity index (χ0v) is 38.4. The summed E-state index contributed by atoms with van der Waals surface area (Å²) in [4.78, 5) is 13.0. The van der Waals surface area contributed by atoms with Gasteiger partial charge in [-0.15, -0.1) is 0 Å². The first-order valence-corrected chi connectivity index (χ1v) is 25.3. The lowest BCUT2D eigenvalue weighted by Gasteiger charge is -2.40. The van der Waals surface area contributed by atoms with E-state index in [0.717, 1.165) is 44.9 Å². The number of aliphatic hydroxyl groups excluding tert-OH is 6. The van der Waals surface area contributed by atoms with Crippen LogP contribution in [0.2, 0.25) is 0 Å². The third-order valence-corrected chi connectivity index (χ3v) is 12.6. The molecule has 0 bridgehead atoms. The van der Waals surface area contributed by atoms with Gasteiger partial charge in [0.1, 0.15) is 30.5 Å². The van der Waals surface area contributed by atoms with Crippen LogP contribution in [-0.4, -0.2) is 98.7 Å². The lowest BCUT2D eigenvalue weighted by Crippen LogP contribution is -2.60. The summed E-state index contributed by atoms with van der Waals surface area (Å²) in [5.41, 5.74) is 0. The lowest BCUT2D eigenvalue weighted by molar-refractivity contribution is -0.303. The minimum Gasteiger partial charge on any atom is -0.394 e. The molecule has 2 unspecified atom stereocenters. The molecule has 352 valence electrons. The van der Waals surface area contributed by atoms with Gasteiger partial charge in [-0.25, -0.2) is 0 Å². The minimum absolute atomic E-state index is 0.255. The number of nitrogens with one attached hydrogen (secondary N) is 1. The molecule has 0 spiro atoms. The zero-order chi connectivity index (χ0) is 43.2. The van der Waals surface area contributed by atoms with Gasteiger partial charge in [-0.05, 0) is 12.8 Å². The Morgan fingerprint density at radius 2 is 0.881 bits per heavy atom. The molecule has 1 aliphatic rings. The van der Waals surface area contributed by atoms with Gasteiger partial charge in [-0.3, -0.25) is 4.79 Å². The number of hydrogen-bond acceptors (Lipinski definition) is 9. The molecule has 1 saturated heterocycles. The van der Waals surface area contributed by atoms with Crippen molar-refractivity contribution in [3.8, 4) is 0 Å². The third kappa shape index (κ3) is 30.0. The second-order valence-corrected chi connectivity index (χ2v) is 18.1. The number of ether oxygens (including phenoxy) is 2. The summed E-state index contributed by atoms with van der Waals surface area (Å²) < 4.78 is 11.1. The van der Waals surface area contributed by atoms with E-state index >= 15 is 0 Å². The molecule has 1 fully saturated rings. The lowest BCUT2D eigenvalue weighted by atomic mass is 9.98. The maximum Gasteiger partial charge on any atom is 0.220 e. The van der Waals surface area contributed by atoms with Crippen molar-refractivity contribution in [1.29, 1.82) is 0 Å². The van der Waals surface area contributed by atoms with E-state index in [1.807, 2.05) is 0 Å². The van der Waals surface area contributed by atoms with E-state index in [9.17, 15) is 35.4 Å². The van der Waals surface area contributed by atoms with Crippen molar-refractivity contribution in [3.63, 3.8) is 0 Å². The van der Waals surface area contributed by atoms with E-state index in [-0.39, 0.29) is 18.9 Å². The van der Waals surface area contributed by atoms with Crippen LogP contribution in [0.25, 0.3) is 0 Å².